The first-order valence-corrected chi connectivity index (χ1v) is 7.64. The van der Waals surface area contributed by atoms with E-state index in [4.69, 9.17) is 4.74 Å². The second kappa shape index (κ2) is 6.14. The summed E-state index contributed by atoms with van der Waals surface area (Å²) in [5.74, 6) is 0. The molecule has 1 aliphatic carbocycles. The Balaban J connectivity index is 1.85. The van der Waals surface area contributed by atoms with Crippen LogP contribution >= 0.6 is 15.9 Å². The van der Waals surface area contributed by atoms with Gasteiger partial charge in [0.2, 0.25) is 0 Å². The quantitative estimate of drug-likeness (QED) is 0.812. The average molecular weight is 341 g/mol. The molecule has 0 fully saturated rings. The maximum atomic E-state index is 11.6. The molecule has 1 unspecified atom stereocenters. The van der Waals surface area contributed by atoms with Crippen molar-refractivity contribution < 1.29 is 9.53 Å². The minimum atomic E-state index is -0.475. The van der Waals surface area contributed by atoms with Crippen molar-refractivity contribution >= 4 is 22.0 Å². The number of hydrazine groups is 1. The fourth-order valence-corrected chi connectivity index (χ4v) is 2.72. The summed E-state index contributed by atoms with van der Waals surface area (Å²) in [4.78, 5) is 11.6. The zero-order chi connectivity index (χ0) is 14.8. The number of aryl methyl sites for hydroxylation is 1. The summed E-state index contributed by atoms with van der Waals surface area (Å²) in [5.41, 5.74) is 7.94. The summed E-state index contributed by atoms with van der Waals surface area (Å²) < 4.78 is 6.32. The molecule has 5 heteroatoms. The first-order valence-electron chi connectivity index (χ1n) is 6.85. The van der Waals surface area contributed by atoms with Gasteiger partial charge in [0.15, 0.2) is 0 Å². The topological polar surface area (TPSA) is 50.4 Å². The Morgan fingerprint density at radius 1 is 1.35 bits per heavy atom. The van der Waals surface area contributed by atoms with Crippen LogP contribution in [0.25, 0.3) is 0 Å². The highest BCUT2D eigenvalue weighted by Gasteiger charge is 2.20. The Bertz CT molecular complexity index is 497. The maximum absolute atomic E-state index is 11.6. The van der Waals surface area contributed by atoms with Gasteiger partial charge >= 0.3 is 6.09 Å². The molecule has 2 rings (SSSR count). The summed E-state index contributed by atoms with van der Waals surface area (Å²) in [5, 5.41) is 0. The molecule has 0 saturated heterocycles. The van der Waals surface area contributed by atoms with Gasteiger partial charge in [-0.2, -0.15) is 0 Å². The molecule has 0 spiro atoms. The van der Waals surface area contributed by atoms with Crippen molar-refractivity contribution in [2.24, 2.45) is 0 Å². The molecule has 1 aliphatic rings. The first-order chi connectivity index (χ1) is 9.33. The Morgan fingerprint density at radius 3 is 2.80 bits per heavy atom. The molecule has 110 valence electrons. The van der Waals surface area contributed by atoms with Gasteiger partial charge in [-0.3, -0.25) is 5.43 Å². The van der Waals surface area contributed by atoms with Crippen LogP contribution in [0.2, 0.25) is 0 Å². The van der Waals surface area contributed by atoms with Gasteiger partial charge in [0.05, 0.1) is 0 Å². The Kier molecular flexibility index (Phi) is 4.70. The molecule has 1 amide bonds. The largest absolute Gasteiger partial charge is 0.443 e. The summed E-state index contributed by atoms with van der Waals surface area (Å²) in [6.07, 6.45) is 2.50. The molecule has 1 aromatic carbocycles. The van der Waals surface area contributed by atoms with E-state index in [1.54, 1.807) is 0 Å². The van der Waals surface area contributed by atoms with E-state index >= 15 is 0 Å². The number of halogens is 1. The van der Waals surface area contributed by atoms with Crippen LogP contribution in [0.3, 0.4) is 0 Å². The Hall–Kier alpha value is -1.07. The van der Waals surface area contributed by atoms with Crippen molar-refractivity contribution in [2.75, 3.05) is 0 Å². The molecule has 0 heterocycles. The van der Waals surface area contributed by atoms with E-state index in [2.05, 4.69) is 45.0 Å². The minimum absolute atomic E-state index is 0.246. The van der Waals surface area contributed by atoms with Crippen molar-refractivity contribution in [3.8, 4) is 0 Å². The molecule has 4 nitrogen and oxygen atoms in total. The molecule has 0 aliphatic heterocycles. The average Bonchev–Trinajstić information content (AvgIpc) is 2.34. The molecular weight excluding hydrogens is 320 g/mol. The maximum Gasteiger partial charge on any atom is 0.422 e. The van der Waals surface area contributed by atoms with Gasteiger partial charge in [0, 0.05) is 10.5 Å². The highest BCUT2D eigenvalue weighted by molar-refractivity contribution is 9.10. The van der Waals surface area contributed by atoms with Gasteiger partial charge < -0.3 is 4.74 Å². The van der Waals surface area contributed by atoms with Crippen LogP contribution in [-0.4, -0.2) is 17.7 Å². The number of hydrogen-bond acceptors (Lipinski definition) is 3. The highest BCUT2D eigenvalue weighted by Crippen LogP contribution is 2.24. The van der Waals surface area contributed by atoms with E-state index in [1.807, 2.05) is 20.8 Å². The lowest BCUT2D eigenvalue weighted by Crippen LogP contribution is -2.48. The Labute approximate surface area is 128 Å². The van der Waals surface area contributed by atoms with Crippen LogP contribution in [-0.2, 0) is 17.6 Å². The zero-order valence-electron chi connectivity index (χ0n) is 12.1. The third kappa shape index (κ3) is 4.49. The number of ether oxygens (including phenoxy) is 1. The first kappa shape index (κ1) is 15.3. The number of fused-ring (bicyclic) bond motifs is 1. The number of amides is 1. The monoisotopic (exact) mass is 340 g/mol. The number of rotatable bonds is 2. The van der Waals surface area contributed by atoms with Crippen molar-refractivity contribution in [3.05, 3.63) is 33.8 Å². The van der Waals surface area contributed by atoms with Gasteiger partial charge in [-0.15, -0.1) is 0 Å². The SMILES string of the molecule is CC(C)(C)OC(=O)NNC1CCc2cc(Br)ccc2C1. The second-order valence-corrected chi connectivity index (χ2v) is 7.04. The van der Waals surface area contributed by atoms with Crippen molar-refractivity contribution in [2.45, 2.75) is 51.7 Å². The van der Waals surface area contributed by atoms with Gasteiger partial charge in [0.25, 0.3) is 0 Å². The van der Waals surface area contributed by atoms with Crippen LogP contribution in [0.4, 0.5) is 4.79 Å². The summed E-state index contributed by atoms with van der Waals surface area (Å²) >= 11 is 3.49. The number of carbonyl (C=O) groups excluding carboxylic acids is 1. The van der Waals surface area contributed by atoms with Crippen LogP contribution in [0.15, 0.2) is 22.7 Å². The fourth-order valence-electron chi connectivity index (χ4n) is 2.31. The molecule has 0 bridgehead atoms. The molecular formula is C15H21BrN2O2. The molecule has 1 aromatic rings. The third-order valence-electron chi connectivity index (χ3n) is 3.17. The van der Waals surface area contributed by atoms with E-state index in [9.17, 15) is 4.79 Å². The standard InChI is InChI=1S/C15H21BrN2O2/c1-15(2,3)20-14(19)18-17-13-7-5-10-8-12(16)6-4-11(10)9-13/h4,6,8,13,17H,5,7,9H2,1-3H3,(H,18,19). The lowest BCUT2D eigenvalue weighted by Gasteiger charge is -2.27. The van der Waals surface area contributed by atoms with Gasteiger partial charge in [-0.05, 0) is 63.3 Å². The van der Waals surface area contributed by atoms with Crippen molar-refractivity contribution in [3.63, 3.8) is 0 Å². The summed E-state index contributed by atoms with van der Waals surface area (Å²) in [6, 6.07) is 6.62. The van der Waals surface area contributed by atoms with E-state index in [0.29, 0.717) is 0 Å². The summed E-state index contributed by atoms with van der Waals surface area (Å²) in [6.45, 7) is 5.55. The molecule has 0 aromatic heterocycles. The van der Waals surface area contributed by atoms with Crippen LogP contribution in [0, 0.1) is 0 Å². The van der Waals surface area contributed by atoms with Gasteiger partial charge in [-0.1, -0.05) is 22.0 Å². The number of nitrogens with one attached hydrogen (secondary N) is 2. The van der Waals surface area contributed by atoms with Crippen LogP contribution in [0.5, 0.6) is 0 Å². The molecule has 2 N–H and O–H groups in total. The van der Waals surface area contributed by atoms with Gasteiger partial charge in [-0.25, -0.2) is 10.2 Å². The Morgan fingerprint density at radius 2 is 2.10 bits per heavy atom. The third-order valence-corrected chi connectivity index (χ3v) is 3.67. The molecule has 0 radical (unpaired) electrons. The predicted molar refractivity (Wildman–Crippen MR) is 82.5 cm³/mol. The minimum Gasteiger partial charge on any atom is -0.443 e. The number of benzene rings is 1. The predicted octanol–water partition coefficient (Wildman–Crippen LogP) is 3.34. The van der Waals surface area contributed by atoms with Gasteiger partial charge in [0.1, 0.15) is 5.60 Å². The molecule has 1 atom stereocenters. The highest BCUT2D eigenvalue weighted by atomic mass is 79.9. The van der Waals surface area contributed by atoms with Crippen LogP contribution in [0.1, 0.15) is 38.3 Å². The molecule has 20 heavy (non-hydrogen) atoms. The zero-order valence-corrected chi connectivity index (χ0v) is 13.7. The molecule has 0 saturated carbocycles. The second-order valence-electron chi connectivity index (χ2n) is 6.12. The lowest BCUT2D eigenvalue weighted by atomic mass is 9.89. The van der Waals surface area contributed by atoms with E-state index in [1.165, 1.54) is 11.1 Å². The van der Waals surface area contributed by atoms with Crippen LogP contribution < -0.4 is 10.9 Å². The lowest BCUT2D eigenvalue weighted by molar-refractivity contribution is 0.0486. The van der Waals surface area contributed by atoms with E-state index in [-0.39, 0.29) is 6.04 Å². The van der Waals surface area contributed by atoms with Crippen molar-refractivity contribution in [1.82, 2.24) is 10.9 Å². The smallest absolute Gasteiger partial charge is 0.422 e. The number of hydrogen-bond donors (Lipinski definition) is 2. The normalized spacial score (nSPS) is 18.3. The van der Waals surface area contributed by atoms with E-state index < -0.39 is 11.7 Å². The number of carbonyl (C=O) groups is 1. The van der Waals surface area contributed by atoms with Crippen molar-refractivity contribution in [1.29, 1.82) is 0 Å². The summed E-state index contributed by atoms with van der Waals surface area (Å²) in [7, 11) is 0. The van der Waals surface area contributed by atoms with E-state index in [0.717, 1.165) is 23.7 Å². The fraction of sp³-hybridized carbons (Fsp3) is 0.533.